The van der Waals surface area contributed by atoms with Crippen LogP contribution in [-0.2, 0) is 16.1 Å². The molecule has 0 bridgehead atoms. The Labute approximate surface area is 174 Å². The number of benzene rings is 2. The highest BCUT2D eigenvalue weighted by Gasteiger charge is 2.28. The molecule has 0 aliphatic rings. The van der Waals surface area contributed by atoms with Gasteiger partial charge in [0, 0.05) is 19.0 Å². The summed E-state index contributed by atoms with van der Waals surface area (Å²) in [5.74, 6) is 0.660. The van der Waals surface area contributed by atoms with E-state index < -0.39 is 6.04 Å². The Kier molecular flexibility index (Phi) is 9.22. The molecule has 1 unspecified atom stereocenters. The zero-order valence-electron chi connectivity index (χ0n) is 17.6. The van der Waals surface area contributed by atoms with Gasteiger partial charge < -0.3 is 15.0 Å². The first-order valence-corrected chi connectivity index (χ1v) is 10.3. The Bertz CT molecular complexity index is 747. The number of amides is 2. The summed E-state index contributed by atoms with van der Waals surface area (Å²) in [6, 6.07) is 18.9. The van der Waals surface area contributed by atoms with Crippen molar-refractivity contribution in [2.45, 2.75) is 58.7 Å². The van der Waals surface area contributed by atoms with Crippen LogP contribution in [0.2, 0.25) is 0 Å². The van der Waals surface area contributed by atoms with Crippen LogP contribution in [0.1, 0.15) is 45.6 Å². The van der Waals surface area contributed by atoms with Gasteiger partial charge in [-0.15, -0.1) is 0 Å². The second-order valence-corrected chi connectivity index (χ2v) is 7.36. The number of rotatable bonds is 11. The van der Waals surface area contributed by atoms with E-state index in [1.807, 2.05) is 81.4 Å². The Hall–Kier alpha value is -2.82. The van der Waals surface area contributed by atoms with E-state index >= 15 is 0 Å². The molecule has 0 heterocycles. The largest absolute Gasteiger partial charge is 0.494 e. The fourth-order valence-corrected chi connectivity index (χ4v) is 3.15. The van der Waals surface area contributed by atoms with E-state index in [4.69, 9.17) is 4.74 Å². The molecule has 29 heavy (non-hydrogen) atoms. The zero-order chi connectivity index (χ0) is 21.1. The van der Waals surface area contributed by atoms with Crippen molar-refractivity contribution >= 4 is 11.8 Å². The summed E-state index contributed by atoms with van der Waals surface area (Å²) in [7, 11) is 0. The second kappa shape index (κ2) is 11.9. The normalized spacial score (nSPS) is 11.7. The van der Waals surface area contributed by atoms with Crippen LogP contribution in [-0.4, -0.2) is 35.4 Å². The number of nitrogens with zero attached hydrogens (tertiary/aromatic N) is 1. The minimum Gasteiger partial charge on any atom is -0.494 e. The molecule has 2 aromatic rings. The monoisotopic (exact) mass is 396 g/mol. The number of carbonyl (C=O) groups excluding carboxylic acids is 2. The first-order valence-electron chi connectivity index (χ1n) is 10.3. The maximum Gasteiger partial charge on any atom is 0.243 e. The highest BCUT2D eigenvalue weighted by molar-refractivity contribution is 5.87. The molecule has 0 saturated heterocycles. The molecule has 2 rings (SSSR count). The fourth-order valence-electron chi connectivity index (χ4n) is 3.15. The molecular weight excluding hydrogens is 364 g/mol. The van der Waals surface area contributed by atoms with Crippen LogP contribution in [0.25, 0.3) is 0 Å². The molecule has 156 valence electrons. The molecule has 0 fully saturated rings. The van der Waals surface area contributed by atoms with Crippen LogP contribution < -0.4 is 10.1 Å². The van der Waals surface area contributed by atoms with Crippen LogP contribution in [0.15, 0.2) is 60.7 Å². The first kappa shape index (κ1) is 22.5. The Morgan fingerprint density at radius 1 is 1.00 bits per heavy atom. The van der Waals surface area contributed by atoms with E-state index in [0.29, 0.717) is 32.4 Å². The summed E-state index contributed by atoms with van der Waals surface area (Å²) in [6.07, 6.45) is 1.50. The lowest BCUT2D eigenvalue weighted by atomic mass is 10.1. The molecule has 1 N–H and O–H groups in total. The standard InChI is InChI=1S/C24H32N2O3/c1-4-22(24(28)25-19(2)3)26(18-20-12-7-5-8-13-20)23(27)16-11-17-29-21-14-9-6-10-15-21/h5-10,12-15,19,22H,4,11,16-18H2,1-3H3,(H,25,28). The summed E-state index contributed by atoms with van der Waals surface area (Å²) in [5, 5.41) is 2.95. The van der Waals surface area contributed by atoms with Gasteiger partial charge in [0.1, 0.15) is 11.8 Å². The van der Waals surface area contributed by atoms with Gasteiger partial charge in [-0.2, -0.15) is 0 Å². The van der Waals surface area contributed by atoms with Crippen molar-refractivity contribution in [3.8, 4) is 5.75 Å². The number of carbonyl (C=O) groups is 2. The van der Waals surface area contributed by atoms with E-state index in [-0.39, 0.29) is 17.9 Å². The van der Waals surface area contributed by atoms with Gasteiger partial charge in [0.15, 0.2) is 0 Å². The van der Waals surface area contributed by atoms with E-state index in [9.17, 15) is 9.59 Å². The minimum absolute atomic E-state index is 0.0312. The van der Waals surface area contributed by atoms with Crippen molar-refractivity contribution in [1.29, 1.82) is 0 Å². The van der Waals surface area contributed by atoms with Gasteiger partial charge in [-0.3, -0.25) is 9.59 Å². The lowest BCUT2D eigenvalue weighted by Gasteiger charge is -2.31. The number of ether oxygens (including phenoxy) is 1. The molecule has 5 heteroatoms. The molecule has 2 amide bonds. The quantitative estimate of drug-likeness (QED) is 0.580. The van der Waals surface area contributed by atoms with Crippen molar-refractivity contribution in [2.75, 3.05) is 6.61 Å². The summed E-state index contributed by atoms with van der Waals surface area (Å²) in [4.78, 5) is 27.4. The van der Waals surface area contributed by atoms with E-state index in [1.165, 1.54) is 0 Å². The molecular formula is C24H32N2O3. The molecule has 0 radical (unpaired) electrons. The molecule has 0 spiro atoms. The lowest BCUT2D eigenvalue weighted by molar-refractivity contribution is -0.141. The third-order valence-electron chi connectivity index (χ3n) is 4.56. The van der Waals surface area contributed by atoms with Crippen molar-refractivity contribution in [3.63, 3.8) is 0 Å². The van der Waals surface area contributed by atoms with Crippen LogP contribution in [0.4, 0.5) is 0 Å². The lowest BCUT2D eigenvalue weighted by Crippen LogP contribution is -2.50. The molecule has 5 nitrogen and oxygen atoms in total. The number of hydrogen-bond acceptors (Lipinski definition) is 3. The number of nitrogens with one attached hydrogen (secondary N) is 1. The third kappa shape index (κ3) is 7.60. The van der Waals surface area contributed by atoms with Crippen LogP contribution in [0, 0.1) is 0 Å². The summed E-state index contributed by atoms with van der Waals surface area (Å²) in [5.41, 5.74) is 1.01. The fraction of sp³-hybridized carbons (Fsp3) is 0.417. The van der Waals surface area contributed by atoms with Crippen molar-refractivity contribution in [3.05, 3.63) is 66.2 Å². The summed E-state index contributed by atoms with van der Waals surface area (Å²) >= 11 is 0. The van der Waals surface area contributed by atoms with Gasteiger partial charge in [-0.05, 0) is 44.4 Å². The molecule has 0 aliphatic carbocycles. The minimum atomic E-state index is -0.486. The molecule has 1 atom stereocenters. The zero-order valence-corrected chi connectivity index (χ0v) is 17.6. The maximum atomic E-state index is 13.0. The van der Waals surface area contributed by atoms with Crippen molar-refractivity contribution < 1.29 is 14.3 Å². The summed E-state index contributed by atoms with van der Waals surface area (Å²) < 4.78 is 5.69. The number of para-hydroxylation sites is 1. The van der Waals surface area contributed by atoms with Gasteiger partial charge in [-0.25, -0.2) is 0 Å². The van der Waals surface area contributed by atoms with E-state index in [0.717, 1.165) is 11.3 Å². The van der Waals surface area contributed by atoms with Gasteiger partial charge in [0.2, 0.25) is 11.8 Å². The molecule has 0 aromatic heterocycles. The Balaban J connectivity index is 2.02. The predicted molar refractivity (Wildman–Crippen MR) is 116 cm³/mol. The second-order valence-electron chi connectivity index (χ2n) is 7.36. The first-order chi connectivity index (χ1) is 14.0. The molecule has 0 aliphatic heterocycles. The average molecular weight is 397 g/mol. The average Bonchev–Trinajstić information content (AvgIpc) is 2.72. The third-order valence-corrected chi connectivity index (χ3v) is 4.56. The predicted octanol–water partition coefficient (Wildman–Crippen LogP) is 4.18. The van der Waals surface area contributed by atoms with Crippen LogP contribution in [0.3, 0.4) is 0 Å². The van der Waals surface area contributed by atoms with Gasteiger partial charge in [0.25, 0.3) is 0 Å². The van der Waals surface area contributed by atoms with Gasteiger partial charge >= 0.3 is 0 Å². The van der Waals surface area contributed by atoms with E-state index in [2.05, 4.69) is 5.32 Å². The smallest absolute Gasteiger partial charge is 0.243 e. The van der Waals surface area contributed by atoms with Crippen LogP contribution in [0.5, 0.6) is 5.75 Å². The highest BCUT2D eigenvalue weighted by Crippen LogP contribution is 2.15. The van der Waals surface area contributed by atoms with Crippen molar-refractivity contribution in [1.82, 2.24) is 10.2 Å². The molecule has 2 aromatic carbocycles. The van der Waals surface area contributed by atoms with Gasteiger partial charge in [0.05, 0.1) is 6.61 Å². The van der Waals surface area contributed by atoms with Crippen molar-refractivity contribution in [2.24, 2.45) is 0 Å². The number of hydrogen-bond donors (Lipinski definition) is 1. The van der Waals surface area contributed by atoms with E-state index in [1.54, 1.807) is 4.90 Å². The highest BCUT2D eigenvalue weighted by atomic mass is 16.5. The van der Waals surface area contributed by atoms with Crippen LogP contribution >= 0.6 is 0 Å². The Morgan fingerprint density at radius 3 is 2.21 bits per heavy atom. The topological polar surface area (TPSA) is 58.6 Å². The Morgan fingerprint density at radius 2 is 1.62 bits per heavy atom. The summed E-state index contributed by atoms with van der Waals surface area (Å²) in [6.45, 7) is 6.67. The van der Waals surface area contributed by atoms with Gasteiger partial charge in [-0.1, -0.05) is 55.5 Å². The molecule has 0 saturated carbocycles. The maximum absolute atomic E-state index is 13.0. The SMILES string of the molecule is CCC(C(=O)NC(C)C)N(Cc1ccccc1)C(=O)CCCOc1ccccc1.